The maximum atomic E-state index is 5.99. The van der Waals surface area contributed by atoms with Crippen LogP contribution in [0.2, 0.25) is 0 Å². The highest BCUT2D eigenvalue weighted by Crippen LogP contribution is 2.25. The fourth-order valence-electron chi connectivity index (χ4n) is 1.68. The smallest absolute Gasteiger partial charge is 0.0654 e. The van der Waals surface area contributed by atoms with E-state index in [-0.39, 0.29) is 5.92 Å². The van der Waals surface area contributed by atoms with Gasteiger partial charge < -0.3 is 11.1 Å². The second kappa shape index (κ2) is 5.66. The van der Waals surface area contributed by atoms with E-state index in [1.54, 1.807) is 6.20 Å². The quantitative estimate of drug-likeness (QED) is 0.787. The van der Waals surface area contributed by atoms with Gasteiger partial charge in [0.15, 0.2) is 0 Å². The molecule has 1 aromatic carbocycles. The van der Waals surface area contributed by atoms with E-state index >= 15 is 0 Å². The van der Waals surface area contributed by atoms with Gasteiger partial charge in [0, 0.05) is 17.8 Å². The summed E-state index contributed by atoms with van der Waals surface area (Å²) in [6.07, 6.45) is 1.75. The van der Waals surface area contributed by atoms with Gasteiger partial charge in [0.25, 0.3) is 0 Å². The standard InChI is InChI=1S/C13H18N2S/c1-9-5-4-6-12(10(9)2)11(3)13(14)7-15-8-16/h4-8,11H,14H2,1-3H3,(H,15,16)/b13-7-/t11-/m1/s1. The molecule has 0 unspecified atom stereocenters. The van der Waals surface area contributed by atoms with Crippen molar-refractivity contribution in [3.05, 3.63) is 46.8 Å². The largest absolute Gasteiger partial charge is 0.400 e. The van der Waals surface area contributed by atoms with E-state index in [9.17, 15) is 0 Å². The van der Waals surface area contributed by atoms with E-state index in [0.717, 1.165) is 5.70 Å². The molecule has 3 heteroatoms. The van der Waals surface area contributed by atoms with Gasteiger partial charge in [-0.25, -0.2) is 0 Å². The summed E-state index contributed by atoms with van der Waals surface area (Å²) in [5.74, 6) is 0.197. The third-order valence-electron chi connectivity index (χ3n) is 2.93. The van der Waals surface area contributed by atoms with Crippen molar-refractivity contribution in [3.63, 3.8) is 0 Å². The van der Waals surface area contributed by atoms with E-state index in [1.165, 1.54) is 22.2 Å². The molecule has 0 saturated heterocycles. The number of thiocarbonyl (C=S) groups is 1. The highest BCUT2D eigenvalue weighted by atomic mass is 32.1. The van der Waals surface area contributed by atoms with E-state index in [0.29, 0.717) is 0 Å². The monoisotopic (exact) mass is 234 g/mol. The summed E-state index contributed by atoms with van der Waals surface area (Å²) in [6, 6.07) is 6.29. The molecule has 86 valence electrons. The molecule has 1 rings (SSSR count). The molecule has 0 aliphatic rings. The van der Waals surface area contributed by atoms with Crippen molar-refractivity contribution in [2.45, 2.75) is 26.7 Å². The Hall–Kier alpha value is -1.35. The fraction of sp³-hybridized carbons (Fsp3) is 0.308. The van der Waals surface area contributed by atoms with Crippen molar-refractivity contribution in [1.82, 2.24) is 5.32 Å². The number of allylic oxidation sites excluding steroid dienone is 1. The Morgan fingerprint density at radius 1 is 1.44 bits per heavy atom. The van der Waals surface area contributed by atoms with Crippen LogP contribution in [0, 0.1) is 13.8 Å². The van der Waals surface area contributed by atoms with Crippen LogP contribution in [0.15, 0.2) is 30.1 Å². The van der Waals surface area contributed by atoms with Gasteiger partial charge in [-0.1, -0.05) is 37.3 Å². The first-order valence-corrected chi connectivity index (χ1v) is 5.76. The molecule has 2 nitrogen and oxygen atoms in total. The highest BCUT2D eigenvalue weighted by Gasteiger charge is 2.11. The number of benzene rings is 1. The normalized spacial score (nSPS) is 13.3. The zero-order valence-electron chi connectivity index (χ0n) is 9.95. The van der Waals surface area contributed by atoms with Crippen LogP contribution in [0.1, 0.15) is 29.5 Å². The van der Waals surface area contributed by atoms with Gasteiger partial charge in [-0.05, 0) is 30.5 Å². The molecule has 1 aromatic rings. The predicted molar refractivity (Wildman–Crippen MR) is 73.4 cm³/mol. The molecule has 0 aliphatic carbocycles. The molecular formula is C13H18N2S. The zero-order valence-corrected chi connectivity index (χ0v) is 10.8. The first-order valence-electron chi connectivity index (χ1n) is 5.29. The Bertz CT molecular complexity index is 410. The summed E-state index contributed by atoms with van der Waals surface area (Å²) < 4.78 is 0. The Morgan fingerprint density at radius 3 is 2.75 bits per heavy atom. The molecule has 0 saturated carbocycles. The molecule has 0 amide bonds. The van der Waals surface area contributed by atoms with Crippen LogP contribution < -0.4 is 11.1 Å². The Morgan fingerprint density at radius 2 is 2.12 bits per heavy atom. The third-order valence-corrected chi connectivity index (χ3v) is 3.07. The lowest BCUT2D eigenvalue weighted by Gasteiger charge is -2.16. The maximum absolute atomic E-state index is 5.99. The minimum atomic E-state index is 0.197. The van der Waals surface area contributed by atoms with Gasteiger partial charge >= 0.3 is 0 Å². The first-order chi connectivity index (χ1) is 7.57. The van der Waals surface area contributed by atoms with Gasteiger partial charge in [-0.15, -0.1) is 0 Å². The molecule has 3 N–H and O–H groups in total. The van der Waals surface area contributed by atoms with Crippen molar-refractivity contribution in [3.8, 4) is 0 Å². The van der Waals surface area contributed by atoms with Crippen molar-refractivity contribution in [2.75, 3.05) is 0 Å². The Labute approximate surface area is 103 Å². The SMILES string of the molecule is Cc1cccc([C@@H](C)/C(N)=C/NC=S)c1C. The molecule has 0 heterocycles. The van der Waals surface area contributed by atoms with Crippen molar-refractivity contribution < 1.29 is 0 Å². The molecule has 0 spiro atoms. The molecule has 16 heavy (non-hydrogen) atoms. The lowest BCUT2D eigenvalue weighted by molar-refractivity contribution is 0.855. The van der Waals surface area contributed by atoms with Crippen molar-refractivity contribution in [2.24, 2.45) is 5.73 Å². The second-order valence-corrected chi connectivity index (χ2v) is 4.18. The topological polar surface area (TPSA) is 38.0 Å². The number of nitrogens with one attached hydrogen (secondary N) is 1. The lowest BCUT2D eigenvalue weighted by atomic mass is 9.92. The summed E-state index contributed by atoms with van der Waals surface area (Å²) in [5.41, 5.74) is 12.1. The van der Waals surface area contributed by atoms with Gasteiger partial charge in [-0.2, -0.15) is 0 Å². The minimum absolute atomic E-state index is 0.197. The average molecular weight is 234 g/mol. The van der Waals surface area contributed by atoms with E-state index in [4.69, 9.17) is 5.73 Å². The van der Waals surface area contributed by atoms with Crippen LogP contribution in [0.4, 0.5) is 0 Å². The predicted octanol–water partition coefficient (Wildman–Crippen LogP) is 2.75. The summed E-state index contributed by atoms with van der Waals surface area (Å²) in [4.78, 5) is 0. The van der Waals surface area contributed by atoms with Crippen molar-refractivity contribution in [1.29, 1.82) is 0 Å². The van der Waals surface area contributed by atoms with Crippen molar-refractivity contribution >= 4 is 17.7 Å². The Balaban J connectivity index is 3.00. The van der Waals surface area contributed by atoms with Crippen LogP contribution >= 0.6 is 12.2 Å². The summed E-state index contributed by atoms with van der Waals surface area (Å²) in [6.45, 7) is 6.33. The van der Waals surface area contributed by atoms with Crippen LogP contribution in [-0.2, 0) is 0 Å². The zero-order chi connectivity index (χ0) is 12.1. The number of rotatable bonds is 4. The lowest BCUT2D eigenvalue weighted by Crippen LogP contribution is -2.13. The molecule has 0 aliphatic heterocycles. The van der Waals surface area contributed by atoms with Gasteiger partial charge in [0.1, 0.15) is 0 Å². The molecule has 0 bridgehead atoms. The maximum Gasteiger partial charge on any atom is 0.0654 e. The van der Waals surface area contributed by atoms with Crippen LogP contribution in [0.3, 0.4) is 0 Å². The molecule has 0 radical (unpaired) electrons. The molecule has 0 aromatic heterocycles. The summed E-state index contributed by atoms with van der Waals surface area (Å²) in [5, 5.41) is 2.84. The number of hydrogen-bond donors (Lipinski definition) is 2. The van der Waals surface area contributed by atoms with E-state index in [1.807, 2.05) is 0 Å². The number of nitrogens with two attached hydrogens (primary N) is 1. The molecule has 1 atom stereocenters. The molecule has 0 fully saturated rings. The van der Waals surface area contributed by atoms with Gasteiger partial charge in [-0.3, -0.25) is 0 Å². The average Bonchev–Trinajstić information content (AvgIpc) is 2.28. The van der Waals surface area contributed by atoms with E-state index in [2.05, 4.69) is 56.5 Å². The minimum Gasteiger partial charge on any atom is -0.400 e. The molecular weight excluding hydrogens is 216 g/mol. The first kappa shape index (κ1) is 12.7. The number of aryl methyl sites for hydroxylation is 1. The summed E-state index contributed by atoms with van der Waals surface area (Å²) >= 11 is 4.68. The van der Waals surface area contributed by atoms with Crippen LogP contribution in [0.25, 0.3) is 0 Å². The fourth-order valence-corrected chi connectivity index (χ4v) is 1.75. The summed E-state index contributed by atoms with van der Waals surface area (Å²) in [7, 11) is 0. The van der Waals surface area contributed by atoms with Crippen LogP contribution in [0.5, 0.6) is 0 Å². The van der Waals surface area contributed by atoms with Crippen LogP contribution in [-0.4, -0.2) is 5.49 Å². The highest BCUT2D eigenvalue weighted by molar-refractivity contribution is 7.78. The van der Waals surface area contributed by atoms with Gasteiger partial charge in [0.2, 0.25) is 0 Å². The van der Waals surface area contributed by atoms with Gasteiger partial charge in [0.05, 0.1) is 5.49 Å². The van der Waals surface area contributed by atoms with E-state index < -0.39 is 0 Å². The second-order valence-electron chi connectivity index (χ2n) is 3.94. The Kier molecular flexibility index (Phi) is 4.50. The third kappa shape index (κ3) is 2.83. The number of hydrogen-bond acceptors (Lipinski definition) is 2.